The van der Waals surface area contributed by atoms with Crippen LogP contribution in [0.2, 0.25) is 0 Å². The molecule has 0 N–H and O–H groups in total. The zero-order chi connectivity index (χ0) is 15.5. The van der Waals surface area contributed by atoms with E-state index in [0.717, 1.165) is 11.4 Å². The van der Waals surface area contributed by atoms with Crippen LogP contribution in [0.3, 0.4) is 0 Å². The average molecular weight is 312 g/mol. The molecule has 3 aromatic rings. The summed E-state index contributed by atoms with van der Waals surface area (Å²) in [6, 6.07) is 7.99. The second-order valence-electron chi connectivity index (χ2n) is 6.46. The molecule has 4 rings (SSSR count). The molecule has 0 spiro atoms. The highest BCUT2D eigenvalue weighted by atomic mass is 31.2. The van der Waals surface area contributed by atoms with Crippen LogP contribution in [-0.4, -0.2) is 24.3 Å². The molecule has 0 saturated carbocycles. The van der Waals surface area contributed by atoms with Gasteiger partial charge < -0.3 is 4.57 Å². The zero-order valence-electron chi connectivity index (χ0n) is 12.8. The van der Waals surface area contributed by atoms with Crippen LogP contribution in [0, 0.1) is 0 Å². The number of fused-ring (bicyclic) bond motifs is 5. The molecule has 2 aromatic heterocycles. The van der Waals surface area contributed by atoms with Gasteiger partial charge >= 0.3 is 0 Å². The lowest BCUT2D eigenvalue weighted by atomic mass is 10.2. The van der Waals surface area contributed by atoms with Crippen molar-refractivity contribution in [3.63, 3.8) is 0 Å². The standard InChI is InChI=1S/C16H17N4OP/c1-16(2,3)22(21)14-17-8-10-19(14)12-6-4-5-7-13(12)20-11-9-18-15(20)22/h4-11H,1-3H3. The first kappa shape index (κ1) is 13.5. The Balaban J connectivity index is 2.22. The highest BCUT2D eigenvalue weighted by Crippen LogP contribution is 2.56. The van der Waals surface area contributed by atoms with Crippen molar-refractivity contribution in [1.82, 2.24) is 19.1 Å². The molecule has 6 heteroatoms. The molecule has 0 amide bonds. The Hall–Kier alpha value is -2.13. The molecule has 22 heavy (non-hydrogen) atoms. The SMILES string of the molecule is CC(C)(C)P1(=O)c2nccn2-c2ccccc2-n2ccnc21. The van der Waals surface area contributed by atoms with Crippen molar-refractivity contribution in [3.8, 4) is 11.4 Å². The molecule has 3 heterocycles. The quantitative estimate of drug-likeness (QED) is 0.599. The van der Waals surface area contributed by atoms with Gasteiger partial charge in [-0.15, -0.1) is 0 Å². The highest BCUT2D eigenvalue weighted by molar-refractivity contribution is 7.79. The normalized spacial score (nSPS) is 15.6. The van der Waals surface area contributed by atoms with E-state index in [1.807, 2.05) is 66.6 Å². The fourth-order valence-electron chi connectivity index (χ4n) is 2.99. The smallest absolute Gasteiger partial charge is 0.216 e. The van der Waals surface area contributed by atoms with Crippen LogP contribution >= 0.6 is 7.14 Å². The van der Waals surface area contributed by atoms with E-state index in [1.54, 1.807) is 12.4 Å². The fraction of sp³-hybridized carbons (Fsp3) is 0.250. The first-order chi connectivity index (χ1) is 10.4. The van der Waals surface area contributed by atoms with Gasteiger partial charge in [-0.1, -0.05) is 32.9 Å². The van der Waals surface area contributed by atoms with Gasteiger partial charge in [0.05, 0.1) is 11.4 Å². The molecule has 0 bridgehead atoms. The van der Waals surface area contributed by atoms with Gasteiger partial charge in [0.2, 0.25) is 7.14 Å². The minimum Gasteiger partial charge on any atom is -0.307 e. The lowest BCUT2D eigenvalue weighted by molar-refractivity contribution is 0.560. The van der Waals surface area contributed by atoms with Crippen LogP contribution in [0.15, 0.2) is 49.1 Å². The van der Waals surface area contributed by atoms with E-state index >= 15 is 0 Å². The third-order valence-electron chi connectivity index (χ3n) is 4.15. The first-order valence-electron chi connectivity index (χ1n) is 7.22. The van der Waals surface area contributed by atoms with E-state index in [-0.39, 0.29) is 0 Å². The summed E-state index contributed by atoms with van der Waals surface area (Å²) >= 11 is 0. The number of benzene rings is 1. The largest absolute Gasteiger partial charge is 0.307 e. The van der Waals surface area contributed by atoms with E-state index in [4.69, 9.17) is 0 Å². The topological polar surface area (TPSA) is 52.7 Å². The van der Waals surface area contributed by atoms with Crippen molar-refractivity contribution >= 4 is 18.3 Å². The lowest BCUT2D eigenvalue weighted by Gasteiger charge is -2.28. The van der Waals surface area contributed by atoms with E-state index in [2.05, 4.69) is 9.97 Å². The van der Waals surface area contributed by atoms with Crippen molar-refractivity contribution in [2.75, 3.05) is 0 Å². The minimum absolute atomic E-state index is 0.471. The van der Waals surface area contributed by atoms with Gasteiger partial charge in [-0.2, -0.15) is 0 Å². The van der Waals surface area contributed by atoms with Crippen LogP contribution in [0.25, 0.3) is 11.4 Å². The monoisotopic (exact) mass is 312 g/mol. The highest BCUT2D eigenvalue weighted by Gasteiger charge is 2.48. The molecule has 0 radical (unpaired) electrons. The number of rotatable bonds is 0. The second-order valence-corrected chi connectivity index (χ2v) is 9.82. The summed E-state index contributed by atoms with van der Waals surface area (Å²) in [4.78, 5) is 8.92. The van der Waals surface area contributed by atoms with Gasteiger partial charge in [-0.3, -0.25) is 9.13 Å². The van der Waals surface area contributed by atoms with Gasteiger partial charge in [0.15, 0.2) is 11.1 Å². The van der Waals surface area contributed by atoms with Crippen LogP contribution in [0.1, 0.15) is 20.8 Å². The van der Waals surface area contributed by atoms with Crippen molar-refractivity contribution in [1.29, 1.82) is 0 Å². The van der Waals surface area contributed by atoms with Crippen molar-refractivity contribution in [2.45, 2.75) is 25.9 Å². The third kappa shape index (κ3) is 1.52. The van der Waals surface area contributed by atoms with Crippen molar-refractivity contribution in [2.24, 2.45) is 0 Å². The van der Waals surface area contributed by atoms with E-state index in [9.17, 15) is 4.57 Å². The molecule has 0 saturated heterocycles. The molecule has 0 unspecified atom stereocenters. The summed E-state index contributed by atoms with van der Waals surface area (Å²) in [6.45, 7) is 5.96. The number of aromatic nitrogens is 4. The third-order valence-corrected chi connectivity index (χ3v) is 7.83. The van der Waals surface area contributed by atoms with Gasteiger partial charge in [0.1, 0.15) is 0 Å². The van der Waals surface area contributed by atoms with Crippen molar-refractivity contribution < 1.29 is 4.57 Å². The van der Waals surface area contributed by atoms with E-state index < -0.39 is 12.3 Å². The van der Waals surface area contributed by atoms with Gasteiger partial charge in [-0.05, 0) is 12.1 Å². The van der Waals surface area contributed by atoms with Crippen molar-refractivity contribution in [3.05, 3.63) is 49.1 Å². The molecular weight excluding hydrogens is 295 g/mol. The summed E-state index contributed by atoms with van der Waals surface area (Å²) in [5.41, 5.74) is 3.13. The molecular formula is C16H17N4OP. The molecule has 1 aromatic carbocycles. The summed E-state index contributed by atoms with van der Waals surface area (Å²) in [6.07, 6.45) is 7.17. The van der Waals surface area contributed by atoms with E-state index in [0.29, 0.717) is 11.1 Å². The lowest BCUT2D eigenvalue weighted by Crippen LogP contribution is -2.36. The van der Waals surface area contributed by atoms with E-state index in [1.165, 1.54) is 0 Å². The van der Waals surface area contributed by atoms with Crippen LogP contribution < -0.4 is 11.1 Å². The number of imidazole rings is 2. The fourth-order valence-corrected chi connectivity index (χ4v) is 5.79. The summed E-state index contributed by atoms with van der Waals surface area (Å²) in [7, 11) is -3.00. The number of para-hydroxylation sites is 2. The zero-order valence-corrected chi connectivity index (χ0v) is 13.7. The predicted molar refractivity (Wildman–Crippen MR) is 87.3 cm³/mol. The first-order valence-corrected chi connectivity index (χ1v) is 8.93. The maximum Gasteiger partial charge on any atom is 0.216 e. The predicted octanol–water partition coefficient (Wildman–Crippen LogP) is 2.48. The Morgan fingerprint density at radius 1 is 0.909 bits per heavy atom. The van der Waals surface area contributed by atoms with Crippen LogP contribution in [0.4, 0.5) is 0 Å². The number of nitrogens with zero attached hydrogens (tertiary/aromatic N) is 4. The molecule has 0 aliphatic carbocycles. The summed E-state index contributed by atoms with van der Waals surface area (Å²) < 4.78 is 18.0. The maximum atomic E-state index is 14.1. The molecule has 0 atom stereocenters. The van der Waals surface area contributed by atoms with Gasteiger partial charge in [0, 0.05) is 29.9 Å². The van der Waals surface area contributed by atoms with Gasteiger partial charge in [0.25, 0.3) is 0 Å². The Bertz CT molecular complexity index is 851. The van der Waals surface area contributed by atoms with Crippen LogP contribution in [0.5, 0.6) is 0 Å². The summed E-state index contributed by atoms with van der Waals surface area (Å²) in [5, 5.41) is -0.471. The van der Waals surface area contributed by atoms with Gasteiger partial charge in [-0.25, -0.2) is 9.97 Å². The minimum atomic E-state index is -3.00. The molecule has 5 nitrogen and oxygen atoms in total. The Labute approximate surface area is 129 Å². The Morgan fingerprint density at radius 3 is 1.77 bits per heavy atom. The molecule has 1 aliphatic heterocycles. The Kier molecular flexibility index (Phi) is 2.58. The Morgan fingerprint density at radius 2 is 1.36 bits per heavy atom. The molecule has 1 aliphatic rings. The van der Waals surface area contributed by atoms with Crippen LogP contribution in [-0.2, 0) is 4.57 Å². The average Bonchev–Trinajstić information content (AvgIpc) is 3.13. The second kappa shape index (κ2) is 4.20. The molecule has 0 fully saturated rings. The number of hydrogen-bond donors (Lipinski definition) is 0. The number of hydrogen-bond acceptors (Lipinski definition) is 3. The molecule has 112 valence electrons. The maximum absolute atomic E-state index is 14.1. The summed E-state index contributed by atoms with van der Waals surface area (Å²) in [5.74, 6) is 0.